The number of aromatic amines is 1. The lowest BCUT2D eigenvalue weighted by Crippen LogP contribution is -2.10. The Balaban J connectivity index is 1.70. The van der Waals surface area contributed by atoms with Gasteiger partial charge >= 0.3 is 0 Å². The first kappa shape index (κ1) is 16.1. The van der Waals surface area contributed by atoms with Crippen LogP contribution >= 0.6 is 22.7 Å². The van der Waals surface area contributed by atoms with Gasteiger partial charge in [-0.2, -0.15) is 16.4 Å². The van der Waals surface area contributed by atoms with E-state index in [0.717, 1.165) is 22.9 Å². The second-order valence-corrected chi connectivity index (χ2v) is 7.50. The summed E-state index contributed by atoms with van der Waals surface area (Å²) < 4.78 is 0. The molecule has 2 N–H and O–H groups in total. The number of H-pyrrole nitrogens is 1. The maximum absolute atomic E-state index is 11.8. The summed E-state index contributed by atoms with van der Waals surface area (Å²) in [5, 5.41) is 17.5. The number of nitrogens with zero attached hydrogens (tertiary/aromatic N) is 1. The van der Waals surface area contributed by atoms with Gasteiger partial charge in [-0.3, -0.25) is 9.89 Å². The van der Waals surface area contributed by atoms with Crippen molar-refractivity contribution in [1.82, 2.24) is 10.2 Å². The second-order valence-electron chi connectivity index (χ2n) is 5.81. The summed E-state index contributed by atoms with van der Waals surface area (Å²) in [5.41, 5.74) is 4.58. The van der Waals surface area contributed by atoms with Gasteiger partial charge in [-0.1, -0.05) is 13.0 Å². The fraction of sp³-hybridized carbons (Fsp3) is 0.158. The summed E-state index contributed by atoms with van der Waals surface area (Å²) in [5.74, 6) is 0.599. The molecule has 4 aromatic rings. The molecular formula is C19H17N3OS2. The van der Waals surface area contributed by atoms with Crippen LogP contribution in [0.3, 0.4) is 0 Å². The Morgan fingerprint density at radius 3 is 2.92 bits per heavy atom. The second kappa shape index (κ2) is 6.82. The molecule has 4 rings (SSSR count). The van der Waals surface area contributed by atoms with E-state index in [4.69, 9.17) is 0 Å². The Morgan fingerprint density at radius 1 is 1.20 bits per heavy atom. The van der Waals surface area contributed by atoms with Crippen LogP contribution in [0.25, 0.3) is 32.5 Å². The van der Waals surface area contributed by atoms with Crippen LogP contribution in [0.15, 0.2) is 46.5 Å². The number of aromatic nitrogens is 2. The van der Waals surface area contributed by atoms with E-state index in [0.29, 0.717) is 12.2 Å². The minimum absolute atomic E-state index is 0.00187. The zero-order valence-corrected chi connectivity index (χ0v) is 15.3. The number of benzene rings is 1. The number of nitrogens with one attached hydrogen (secondary N) is 2. The van der Waals surface area contributed by atoms with Gasteiger partial charge in [-0.05, 0) is 58.0 Å². The molecule has 0 aliphatic heterocycles. The molecule has 0 atom stereocenters. The van der Waals surface area contributed by atoms with E-state index in [2.05, 4.69) is 55.9 Å². The first-order valence-electron chi connectivity index (χ1n) is 8.14. The predicted octanol–water partition coefficient (Wildman–Crippen LogP) is 5.76. The molecule has 126 valence electrons. The van der Waals surface area contributed by atoms with Gasteiger partial charge in [0, 0.05) is 22.2 Å². The number of carbonyl (C=O) groups excluding carboxylic acids is 1. The van der Waals surface area contributed by atoms with Gasteiger partial charge < -0.3 is 5.32 Å². The number of anilines is 1. The largest absolute Gasteiger partial charge is 0.309 e. The molecular weight excluding hydrogens is 350 g/mol. The average molecular weight is 367 g/mol. The number of hydrogen-bond acceptors (Lipinski definition) is 4. The molecule has 0 fully saturated rings. The molecule has 1 amide bonds. The first-order chi connectivity index (χ1) is 12.3. The zero-order chi connectivity index (χ0) is 17.2. The smallest absolute Gasteiger partial charge is 0.225 e. The van der Waals surface area contributed by atoms with E-state index < -0.39 is 0 Å². The van der Waals surface area contributed by atoms with E-state index in [9.17, 15) is 4.79 Å². The van der Waals surface area contributed by atoms with Gasteiger partial charge in [0.05, 0.1) is 5.52 Å². The lowest BCUT2D eigenvalue weighted by molar-refractivity contribution is -0.116. The van der Waals surface area contributed by atoms with E-state index >= 15 is 0 Å². The Bertz CT molecular complexity index is 1010. The minimum Gasteiger partial charge on any atom is -0.309 e. The topological polar surface area (TPSA) is 57.8 Å². The quantitative estimate of drug-likeness (QED) is 0.471. The number of carbonyl (C=O) groups is 1. The highest BCUT2D eigenvalue weighted by molar-refractivity contribution is 7.14. The molecule has 6 heteroatoms. The third-order valence-corrected chi connectivity index (χ3v) is 5.70. The number of thiophene rings is 2. The van der Waals surface area contributed by atoms with Crippen molar-refractivity contribution in [3.8, 4) is 21.6 Å². The van der Waals surface area contributed by atoms with E-state index in [1.807, 2.05) is 13.0 Å². The summed E-state index contributed by atoms with van der Waals surface area (Å²) in [6.45, 7) is 1.99. The predicted molar refractivity (Wildman–Crippen MR) is 106 cm³/mol. The maximum atomic E-state index is 11.8. The standard InChI is InChI=1S/C19H17N3OS2/c1-2-3-17(23)20-19-15-5-4-12(10-16(15)21-22-19)18-14(7-9-25-18)13-6-8-24-11-13/h4-11H,2-3H2,1H3,(H2,20,21,22,23). The van der Waals surface area contributed by atoms with Crippen LogP contribution in [0, 0.1) is 0 Å². The Morgan fingerprint density at radius 2 is 2.12 bits per heavy atom. The lowest BCUT2D eigenvalue weighted by Gasteiger charge is -2.04. The van der Waals surface area contributed by atoms with E-state index in [-0.39, 0.29) is 5.91 Å². The molecule has 0 radical (unpaired) electrons. The fourth-order valence-electron chi connectivity index (χ4n) is 2.86. The van der Waals surface area contributed by atoms with Crippen LogP contribution < -0.4 is 5.32 Å². The third-order valence-electron chi connectivity index (χ3n) is 4.06. The van der Waals surface area contributed by atoms with Gasteiger partial charge in [-0.25, -0.2) is 0 Å². The van der Waals surface area contributed by atoms with Crippen molar-refractivity contribution < 1.29 is 4.79 Å². The van der Waals surface area contributed by atoms with Crippen molar-refractivity contribution in [2.75, 3.05) is 5.32 Å². The Kier molecular flexibility index (Phi) is 4.38. The third kappa shape index (κ3) is 3.10. The highest BCUT2D eigenvalue weighted by atomic mass is 32.1. The van der Waals surface area contributed by atoms with E-state index in [1.165, 1.54) is 16.0 Å². The maximum Gasteiger partial charge on any atom is 0.225 e. The normalized spacial score (nSPS) is 11.1. The Hall–Kier alpha value is -2.44. The van der Waals surface area contributed by atoms with Crippen LogP contribution in [-0.2, 0) is 4.79 Å². The first-order valence-corrected chi connectivity index (χ1v) is 9.97. The number of rotatable bonds is 5. The van der Waals surface area contributed by atoms with E-state index in [1.54, 1.807) is 22.7 Å². The van der Waals surface area contributed by atoms with Crippen molar-refractivity contribution in [2.45, 2.75) is 19.8 Å². The molecule has 0 spiro atoms. The molecule has 3 aromatic heterocycles. The van der Waals surface area contributed by atoms with Gasteiger partial charge in [0.15, 0.2) is 5.82 Å². The van der Waals surface area contributed by atoms with Gasteiger partial charge in [0.1, 0.15) is 0 Å². The van der Waals surface area contributed by atoms with Crippen molar-refractivity contribution >= 4 is 45.3 Å². The highest BCUT2D eigenvalue weighted by Gasteiger charge is 2.13. The monoisotopic (exact) mass is 367 g/mol. The molecule has 4 nitrogen and oxygen atoms in total. The molecule has 1 aromatic carbocycles. The van der Waals surface area contributed by atoms with Gasteiger partial charge in [0.25, 0.3) is 0 Å². The lowest BCUT2D eigenvalue weighted by atomic mass is 10.0. The van der Waals surface area contributed by atoms with Crippen LogP contribution in [0.4, 0.5) is 5.82 Å². The number of amides is 1. The van der Waals surface area contributed by atoms with Crippen molar-refractivity contribution in [1.29, 1.82) is 0 Å². The molecule has 0 aliphatic rings. The van der Waals surface area contributed by atoms with Crippen LogP contribution in [0.1, 0.15) is 19.8 Å². The highest BCUT2D eigenvalue weighted by Crippen LogP contribution is 2.38. The van der Waals surface area contributed by atoms with Crippen LogP contribution in [0.2, 0.25) is 0 Å². The molecule has 25 heavy (non-hydrogen) atoms. The average Bonchev–Trinajstić information content (AvgIpc) is 3.35. The van der Waals surface area contributed by atoms with Crippen molar-refractivity contribution in [3.05, 3.63) is 46.5 Å². The fourth-order valence-corrected chi connectivity index (χ4v) is 4.43. The number of hydrogen-bond donors (Lipinski definition) is 2. The molecule has 0 aliphatic carbocycles. The summed E-state index contributed by atoms with van der Waals surface area (Å²) in [6, 6.07) is 10.5. The molecule has 0 saturated heterocycles. The van der Waals surface area contributed by atoms with Crippen molar-refractivity contribution in [3.63, 3.8) is 0 Å². The van der Waals surface area contributed by atoms with Gasteiger partial charge in [0.2, 0.25) is 5.91 Å². The van der Waals surface area contributed by atoms with Gasteiger partial charge in [-0.15, -0.1) is 11.3 Å². The summed E-state index contributed by atoms with van der Waals surface area (Å²) >= 11 is 3.44. The number of fused-ring (bicyclic) bond motifs is 1. The molecule has 0 unspecified atom stereocenters. The molecule has 0 bridgehead atoms. The SMILES string of the molecule is CCCC(=O)Nc1n[nH]c2cc(-c3sccc3-c3ccsc3)ccc12. The summed E-state index contributed by atoms with van der Waals surface area (Å²) in [7, 11) is 0. The molecule has 0 saturated carbocycles. The zero-order valence-electron chi connectivity index (χ0n) is 13.7. The summed E-state index contributed by atoms with van der Waals surface area (Å²) in [6.07, 6.45) is 1.33. The minimum atomic E-state index is -0.00187. The molecule has 3 heterocycles. The Labute approximate surface area is 153 Å². The van der Waals surface area contributed by atoms with Crippen molar-refractivity contribution in [2.24, 2.45) is 0 Å². The van der Waals surface area contributed by atoms with Crippen LogP contribution in [0.5, 0.6) is 0 Å². The summed E-state index contributed by atoms with van der Waals surface area (Å²) in [4.78, 5) is 13.1. The van der Waals surface area contributed by atoms with Crippen LogP contribution in [-0.4, -0.2) is 16.1 Å².